The molecule has 0 radical (unpaired) electrons. The molecule has 0 amide bonds. The molecule has 1 aliphatic carbocycles. The van der Waals surface area contributed by atoms with E-state index in [4.69, 9.17) is 4.99 Å². The number of fused-ring (bicyclic) bond motifs is 2. The predicted octanol–water partition coefficient (Wildman–Crippen LogP) is 5.21. The molecule has 3 aromatic rings. The Balaban J connectivity index is 1.37. The molecule has 11 heteroatoms. The van der Waals surface area contributed by atoms with Crippen molar-refractivity contribution in [3.63, 3.8) is 0 Å². The molecule has 0 atom stereocenters. The van der Waals surface area contributed by atoms with Crippen molar-refractivity contribution < 1.29 is 13.2 Å². The second kappa shape index (κ2) is 7.86. The van der Waals surface area contributed by atoms with Gasteiger partial charge in [0.05, 0.1) is 22.7 Å². The molecule has 6 nitrogen and oxygen atoms in total. The van der Waals surface area contributed by atoms with Gasteiger partial charge in [0.2, 0.25) is 0 Å². The van der Waals surface area contributed by atoms with Crippen LogP contribution < -0.4 is 0 Å². The van der Waals surface area contributed by atoms with Crippen molar-refractivity contribution in [3.05, 3.63) is 65.0 Å². The van der Waals surface area contributed by atoms with Gasteiger partial charge in [-0.3, -0.25) is 4.99 Å². The number of aliphatic imine (C=N–C) groups is 1. The van der Waals surface area contributed by atoms with Gasteiger partial charge in [-0.1, -0.05) is 17.8 Å². The normalized spacial score (nSPS) is 16.2. The zero-order valence-electron chi connectivity index (χ0n) is 16.3. The van der Waals surface area contributed by atoms with E-state index in [0.29, 0.717) is 22.8 Å². The molecule has 2 aromatic heterocycles. The van der Waals surface area contributed by atoms with Crippen molar-refractivity contribution in [1.82, 2.24) is 20.2 Å². The summed E-state index contributed by atoms with van der Waals surface area (Å²) < 4.78 is 39.5. The van der Waals surface area contributed by atoms with Crippen LogP contribution in [0.3, 0.4) is 0 Å². The Labute approximate surface area is 189 Å². The molecule has 3 heterocycles. The van der Waals surface area contributed by atoms with Crippen LogP contribution in [-0.2, 0) is 17.5 Å². The van der Waals surface area contributed by atoms with Crippen molar-refractivity contribution >= 4 is 27.9 Å². The van der Waals surface area contributed by atoms with Gasteiger partial charge in [0.15, 0.2) is 5.82 Å². The average Bonchev–Trinajstić information content (AvgIpc) is 3.57. The van der Waals surface area contributed by atoms with Crippen LogP contribution >= 0.6 is 23.5 Å². The molecule has 0 saturated heterocycles. The lowest BCUT2D eigenvalue weighted by Gasteiger charge is -2.22. The minimum atomic E-state index is -4.48. The van der Waals surface area contributed by atoms with Crippen LogP contribution in [0.15, 0.2) is 52.7 Å². The summed E-state index contributed by atoms with van der Waals surface area (Å²) in [6, 6.07) is 8.79. The predicted molar refractivity (Wildman–Crippen MR) is 115 cm³/mol. The number of hydrogen-bond donors (Lipinski definition) is 0. The number of thioether (sulfide) groups is 2. The quantitative estimate of drug-likeness (QED) is 0.519. The van der Waals surface area contributed by atoms with Gasteiger partial charge in [-0.2, -0.15) is 18.4 Å². The first-order chi connectivity index (χ1) is 15.4. The summed E-state index contributed by atoms with van der Waals surface area (Å²) in [5.41, 5.74) is 0.962. The number of hydrogen-bond acceptors (Lipinski definition) is 8. The summed E-state index contributed by atoms with van der Waals surface area (Å²) in [5.74, 6) is 0.834. The molecule has 1 aliphatic heterocycles. The molecule has 32 heavy (non-hydrogen) atoms. The van der Waals surface area contributed by atoms with Crippen molar-refractivity contribution in [1.29, 1.82) is 5.26 Å². The summed E-state index contributed by atoms with van der Waals surface area (Å²) in [7, 11) is 0. The summed E-state index contributed by atoms with van der Waals surface area (Å²) in [6.07, 6.45) is 0.582. The van der Waals surface area contributed by atoms with Crippen LogP contribution in [0.1, 0.15) is 35.1 Å². The van der Waals surface area contributed by atoms with Gasteiger partial charge < -0.3 is 0 Å². The molecule has 1 fully saturated rings. The molecule has 5 rings (SSSR count). The van der Waals surface area contributed by atoms with E-state index in [1.165, 1.54) is 29.6 Å². The van der Waals surface area contributed by atoms with E-state index in [-0.39, 0.29) is 11.1 Å². The van der Waals surface area contributed by atoms with Crippen LogP contribution in [0, 0.1) is 11.3 Å². The largest absolute Gasteiger partial charge is 0.416 e. The fraction of sp³-hybridized carbons (Fsp3) is 0.238. The molecule has 0 N–H and O–H groups in total. The Morgan fingerprint density at radius 1 is 1.12 bits per heavy atom. The minimum Gasteiger partial charge on any atom is -0.260 e. The van der Waals surface area contributed by atoms with E-state index >= 15 is 0 Å². The smallest absolute Gasteiger partial charge is 0.260 e. The second-order valence-electron chi connectivity index (χ2n) is 7.30. The first-order valence-electron chi connectivity index (χ1n) is 9.54. The lowest BCUT2D eigenvalue weighted by Crippen LogP contribution is -2.15. The van der Waals surface area contributed by atoms with E-state index in [9.17, 15) is 18.4 Å². The van der Waals surface area contributed by atoms with E-state index < -0.39 is 11.7 Å². The van der Waals surface area contributed by atoms with E-state index in [1.807, 2.05) is 12.1 Å². The fourth-order valence-corrected chi connectivity index (χ4v) is 5.60. The van der Waals surface area contributed by atoms with Crippen molar-refractivity contribution in [2.75, 3.05) is 0 Å². The Bertz CT molecular complexity index is 1270. The number of nitriles is 1. The number of halogens is 3. The Morgan fingerprint density at radius 2 is 1.91 bits per heavy atom. The second-order valence-corrected chi connectivity index (χ2v) is 9.50. The van der Waals surface area contributed by atoms with E-state index in [1.54, 1.807) is 18.5 Å². The highest BCUT2D eigenvalue weighted by atomic mass is 32.2. The lowest BCUT2D eigenvalue weighted by molar-refractivity contribution is -0.137. The molecule has 0 bridgehead atoms. The summed E-state index contributed by atoms with van der Waals surface area (Å²) in [6.45, 7) is 0. The van der Waals surface area contributed by atoms with Gasteiger partial charge in [0, 0.05) is 23.7 Å². The minimum absolute atomic E-state index is 0.0163. The fourth-order valence-electron chi connectivity index (χ4n) is 3.35. The number of rotatable bonds is 3. The molecule has 160 valence electrons. The Morgan fingerprint density at radius 3 is 2.59 bits per heavy atom. The van der Waals surface area contributed by atoms with Gasteiger partial charge in [0.1, 0.15) is 15.1 Å². The third kappa shape index (κ3) is 3.96. The highest BCUT2D eigenvalue weighted by Crippen LogP contribution is 2.56. The third-order valence-corrected chi connectivity index (χ3v) is 7.34. The molecule has 1 spiro atoms. The number of aromatic nitrogens is 4. The monoisotopic (exact) mass is 470 g/mol. The first kappa shape index (κ1) is 20.9. The Hall–Kier alpha value is -2.97. The number of alkyl halides is 3. The topological polar surface area (TPSA) is 87.7 Å². The van der Waals surface area contributed by atoms with Crippen LogP contribution in [0.4, 0.5) is 13.2 Å². The van der Waals surface area contributed by atoms with Crippen LogP contribution in [0.2, 0.25) is 0 Å². The van der Waals surface area contributed by atoms with Crippen molar-refractivity contribution in [3.8, 4) is 17.6 Å². The van der Waals surface area contributed by atoms with Crippen molar-refractivity contribution in [2.45, 2.75) is 35.3 Å². The highest BCUT2D eigenvalue weighted by molar-refractivity contribution is 8.38. The van der Waals surface area contributed by atoms with Gasteiger partial charge in [0.25, 0.3) is 0 Å². The standard InChI is InChI=1S/C21H13F3N6S2/c22-21(23,24)14-3-2-12(13(8-14)10-25)11-31-19-28-20(4-5-20)15-9-16(29-30-18(15)32-19)17-26-6-1-7-27-17/h1-3,6-9H,4-5,11H2. The molecule has 1 aromatic carbocycles. The van der Waals surface area contributed by atoms with Gasteiger partial charge in [-0.05, 0) is 54.4 Å². The zero-order chi connectivity index (χ0) is 22.3. The van der Waals surface area contributed by atoms with E-state index in [2.05, 4.69) is 20.2 Å². The highest BCUT2D eigenvalue weighted by Gasteiger charge is 2.49. The summed E-state index contributed by atoms with van der Waals surface area (Å²) in [5, 5.41) is 18.7. The molecular formula is C21H13F3N6S2. The average molecular weight is 471 g/mol. The van der Waals surface area contributed by atoms with Crippen LogP contribution in [-0.4, -0.2) is 24.5 Å². The maximum atomic E-state index is 12.9. The van der Waals surface area contributed by atoms with Gasteiger partial charge >= 0.3 is 6.18 Å². The number of nitrogens with zero attached hydrogens (tertiary/aromatic N) is 6. The van der Waals surface area contributed by atoms with Crippen molar-refractivity contribution in [2.24, 2.45) is 4.99 Å². The zero-order valence-corrected chi connectivity index (χ0v) is 17.9. The maximum Gasteiger partial charge on any atom is 0.416 e. The molecule has 0 unspecified atom stereocenters. The third-order valence-electron chi connectivity index (χ3n) is 5.18. The van der Waals surface area contributed by atoms with E-state index in [0.717, 1.165) is 39.9 Å². The summed E-state index contributed by atoms with van der Waals surface area (Å²) >= 11 is 2.77. The van der Waals surface area contributed by atoms with Crippen LogP contribution in [0.5, 0.6) is 0 Å². The lowest BCUT2D eigenvalue weighted by atomic mass is 10.1. The van der Waals surface area contributed by atoms with Gasteiger partial charge in [-0.25, -0.2) is 9.97 Å². The van der Waals surface area contributed by atoms with Gasteiger partial charge in [-0.15, -0.1) is 10.2 Å². The molecular weight excluding hydrogens is 457 g/mol. The first-order valence-corrected chi connectivity index (χ1v) is 11.3. The molecule has 1 saturated carbocycles. The Kier molecular flexibility index (Phi) is 5.14. The molecule has 2 aliphatic rings. The SMILES string of the molecule is N#Cc1cc(C(F)(F)F)ccc1CSC1=NC2(CC2)c2cc(-c3ncccn3)nnc2S1. The maximum absolute atomic E-state index is 12.9. The van der Waals surface area contributed by atoms with Crippen LogP contribution in [0.25, 0.3) is 11.5 Å². The number of benzene rings is 1. The summed E-state index contributed by atoms with van der Waals surface area (Å²) in [4.78, 5) is 13.3.